The number of alkyl halides is 3. The van der Waals surface area contributed by atoms with Crippen molar-refractivity contribution >= 4 is 15.9 Å². The maximum atomic E-state index is 12.3. The molecule has 1 aromatic rings. The first-order chi connectivity index (χ1) is 8.33. The Morgan fingerprint density at radius 3 is 2.61 bits per heavy atom. The second kappa shape index (κ2) is 6.43. The molecule has 0 unspecified atom stereocenters. The van der Waals surface area contributed by atoms with Crippen molar-refractivity contribution in [3.8, 4) is 5.75 Å². The minimum atomic E-state index is -4.70. The number of unbranched alkanes of at least 4 members (excludes halogenated alkanes) is 1. The van der Waals surface area contributed by atoms with E-state index in [1.165, 1.54) is 12.1 Å². The van der Waals surface area contributed by atoms with Crippen molar-refractivity contribution in [1.82, 2.24) is 0 Å². The summed E-state index contributed by atoms with van der Waals surface area (Å²) in [6.45, 7) is 2.00. The van der Waals surface area contributed by atoms with E-state index in [2.05, 4.69) is 20.7 Å². The third-order valence-electron chi connectivity index (χ3n) is 2.47. The van der Waals surface area contributed by atoms with Gasteiger partial charge in [0.2, 0.25) is 0 Å². The van der Waals surface area contributed by atoms with E-state index in [-0.39, 0.29) is 5.75 Å². The van der Waals surface area contributed by atoms with Crippen LogP contribution in [0.4, 0.5) is 13.2 Å². The SMILES string of the molecule is CCCC[C@@H](N)c1cc(Br)ccc1OC(F)(F)F. The Morgan fingerprint density at radius 1 is 1.39 bits per heavy atom. The molecule has 2 nitrogen and oxygen atoms in total. The van der Waals surface area contributed by atoms with Gasteiger partial charge in [0.15, 0.2) is 0 Å². The molecular formula is C12H15BrF3NO. The Kier molecular flexibility index (Phi) is 5.47. The summed E-state index contributed by atoms with van der Waals surface area (Å²) in [4.78, 5) is 0. The molecule has 0 saturated carbocycles. The van der Waals surface area contributed by atoms with Crippen LogP contribution in [0.15, 0.2) is 22.7 Å². The van der Waals surface area contributed by atoms with E-state index in [4.69, 9.17) is 5.73 Å². The van der Waals surface area contributed by atoms with Crippen molar-refractivity contribution in [2.45, 2.75) is 38.6 Å². The van der Waals surface area contributed by atoms with Crippen LogP contribution in [0.3, 0.4) is 0 Å². The standard InChI is InChI=1S/C12H15BrF3NO/c1-2-3-4-10(17)9-7-8(13)5-6-11(9)18-12(14,15)16/h5-7,10H,2-4,17H2,1H3/t10-/m1/s1. The first kappa shape index (κ1) is 15.3. The molecule has 18 heavy (non-hydrogen) atoms. The molecule has 102 valence electrons. The molecule has 0 fully saturated rings. The highest BCUT2D eigenvalue weighted by molar-refractivity contribution is 9.10. The van der Waals surface area contributed by atoms with Gasteiger partial charge in [-0.2, -0.15) is 0 Å². The summed E-state index contributed by atoms with van der Waals surface area (Å²) in [5, 5.41) is 0. The zero-order chi connectivity index (χ0) is 13.8. The topological polar surface area (TPSA) is 35.2 Å². The minimum Gasteiger partial charge on any atom is -0.405 e. The van der Waals surface area contributed by atoms with E-state index >= 15 is 0 Å². The molecule has 0 amide bonds. The fourth-order valence-electron chi connectivity index (χ4n) is 1.61. The van der Waals surface area contributed by atoms with Crippen molar-refractivity contribution in [1.29, 1.82) is 0 Å². The highest BCUT2D eigenvalue weighted by atomic mass is 79.9. The van der Waals surface area contributed by atoms with Crippen molar-refractivity contribution in [2.24, 2.45) is 5.73 Å². The molecule has 0 aromatic heterocycles. The number of hydrogen-bond acceptors (Lipinski definition) is 2. The van der Waals surface area contributed by atoms with Gasteiger partial charge in [-0.1, -0.05) is 35.7 Å². The summed E-state index contributed by atoms with van der Waals surface area (Å²) in [7, 11) is 0. The van der Waals surface area contributed by atoms with Gasteiger partial charge in [0.25, 0.3) is 0 Å². The summed E-state index contributed by atoms with van der Waals surface area (Å²) >= 11 is 3.22. The quantitative estimate of drug-likeness (QED) is 0.862. The van der Waals surface area contributed by atoms with Crippen LogP contribution in [0.2, 0.25) is 0 Å². The lowest BCUT2D eigenvalue weighted by Crippen LogP contribution is -2.20. The van der Waals surface area contributed by atoms with Gasteiger partial charge in [0.1, 0.15) is 5.75 Å². The van der Waals surface area contributed by atoms with Crippen molar-refractivity contribution in [3.05, 3.63) is 28.2 Å². The Bertz CT molecular complexity index is 395. The summed E-state index contributed by atoms with van der Waals surface area (Å²) < 4.78 is 41.5. The van der Waals surface area contributed by atoms with Crippen LogP contribution >= 0.6 is 15.9 Å². The summed E-state index contributed by atoms with van der Waals surface area (Å²) in [5.74, 6) is -0.227. The molecule has 6 heteroatoms. The second-order valence-corrected chi connectivity index (χ2v) is 4.89. The van der Waals surface area contributed by atoms with Gasteiger partial charge in [0.05, 0.1) is 0 Å². The lowest BCUT2D eigenvalue weighted by atomic mass is 10.0. The van der Waals surface area contributed by atoms with Crippen LogP contribution in [-0.4, -0.2) is 6.36 Å². The smallest absolute Gasteiger partial charge is 0.405 e. The third kappa shape index (κ3) is 4.86. The average molecular weight is 326 g/mol. The largest absolute Gasteiger partial charge is 0.573 e. The van der Waals surface area contributed by atoms with Crippen LogP contribution in [-0.2, 0) is 0 Å². The van der Waals surface area contributed by atoms with E-state index in [0.29, 0.717) is 16.5 Å². The highest BCUT2D eigenvalue weighted by Gasteiger charge is 2.32. The average Bonchev–Trinajstić information content (AvgIpc) is 2.26. The van der Waals surface area contributed by atoms with E-state index in [9.17, 15) is 13.2 Å². The molecule has 0 saturated heterocycles. The van der Waals surface area contributed by atoms with Gasteiger partial charge < -0.3 is 10.5 Å². The van der Waals surface area contributed by atoms with Gasteiger partial charge in [-0.25, -0.2) is 0 Å². The number of hydrogen-bond donors (Lipinski definition) is 1. The molecule has 0 radical (unpaired) electrons. The first-order valence-corrected chi connectivity index (χ1v) is 6.43. The fourth-order valence-corrected chi connectivity index (χ4v) is 1.99. The number of ether oxygens (including phenoxy) is 1. The van der Waals surface area contributed by atoms with Gasteiger partial charge in [-0.05, 0) is 24.6 Å². The van der Waals surface area contributed by atoms with E-state index in [1.807, 2.05) is 6.92 Å². The van der Waals surface area contributed by atoms with Gasteiger partial charge in [-0.3, -0.25) is 0 Å². The Hall–Kier alpha value is -0.750. The number of halogens is 4. The monoisotopic (exact) mass is 325 g/mol. The van der Waals surface area contributed by atoms with E-state index in [1.54, 1.807) is 6.07 Å². The van der Waals surface area contributed by atoms with Gasteiger partial charge in [0, 0.05) is 16.1 Å². The minimum absolute atomic E-state index is 0.227. The molecular weight excluding hydrogens is 311 g/mol. The third-order valence-corrected chi connectivity index (χ3v) is 2.96. The molecule has 0 spiro atoms. The zero-order valence-electron chi connectivity index (χ0n) is 9.93. The molecule has 0 bridgehead atoms. The number of nitrogens with two attached hydrogens (primary N) is 1. The van der Waals surface area contributed by atoms with Crippen LogP contribution in [0.5, 0.6) is 5.75 Å². The van der Waals surface area contributed by atoms with Crippen LogP contribution in [0, 0.1) is 0 Å². The molecule has 1 atom stereocenters. The van der Waals surface area contributed by atoms with Crippen LogP contribution in [0.25, 0.3) is 0 Å². The summed E-state index contributed by atoms with van der Waals surface area (Å²) in [6.07, 6.45) is -2.27. The van der Waals surface area contributed by atoms with Gasteiger partial charge in [-0.15, -0.1) is 13.2 Å². The zero-order valence-corrected chi connectivity index (χ0v) is 11.5. The van der Waals surface area contributed by atoms with Crippen molar-refractivity contribution < 1.29 is 17.9 Å². The summed E-state index contributed by atoms with van der Waals surface area (Å²) in [6, 6.07) is 3.89. The molecule has 1 rings (SSSR count). The Balaban J connectivity index is 2.96. The number of rotatable bonds is 5. The van der Waals surface area contributed by atoms with E-state index < -0.39 is 12.4 Å². The first-order valence-electron chi connectivity index (χ1n) is 5.64. The maximum absolute atomic E-state index is 12.3. The fraction of sp³-hybridized carbons (Fsp3) is 0.500. The Morgan fingerprint density at radius 2 is 2.06 bits per heavy atom. The van der Waals surface area contributed by atoms with Crippen molar-refractivity contribution in [2.75, 3.05) is 0 Å². The lowest BCUT2D eigenvalue weighted by molar-refractivity contribution is -0.275. The van der Waals surface area contributed by atoms with Crippen LogP contribution < -0.4 is 10.5 Å². The predicted octanol–water partition coefficient (Wildman–Crippen LogP) is 4.54. The van der Waals surface area contributed by atoms with Gasteiger partial charge >= 0.3 is 6.36 Å². The molecule has 0 aliphatic carbocycles. The summed E-state index contributed by atoms with van der Waals surface area (Å²) in [5.41, 5.74) is 6.27. The molecule has 0 aliphatic rings. The normalized spacial score (nSPS) is 13.4. The second-order valence-electron chi connectivity index (χ2n) is 3.98. The molecule has 2 N–H and O–H groups in total. The van der Waals surface area contributed by atoms with E-state index in [0.717, 1.165) is 12.8 Å². The van der Waals surface area contributed by atoms with Crippen molar-refractivity contribution in [3.63, 3.8) is 0 Å². The number of benzene rings is 1. The Labute approximate surface area is 112 Å². The molecule has 1 aromatic carbocycles. The maximum Gasteiger partial charge on any atom is 0.573 e. The lowest BCUT2D eigenvalue weighted by Gasteiger charge is -2.18. The van der Waals surface area contributed by atoms with Crippen LogP contribution in [0.1, 0.15) is 37.8 Å². The molecule has 0 aliphatic heterocycles. The highest BCUT2D eigenvalue weighted by Crippen LogP contribution is 2.33. The predicted molar refractivity (Wildman–Crippen MR) is 67.3 cm³/mol. The molecule has 0 heterocycles.